The molecule has 0 aromatic rings. The normalized spacial score (nSPS) is 15.1. The third-order valence-electron chi connectivity index (χ3n) is 2.21. The first-order valence-corrected chi connectivity index (χ1v) is 4.82. The summed E-state index contributed by atoms with van der Waals surface area (Å²) >= 11 is 0. The second kappa shape index (κ2) is 6.45. The van der Waals surface area contributed by atoms with Gasteiger partial charge in [0.2, 0.25) is 0 Å². The van der Waals surface area contributed by atoms with E-state index in [1.807, 2.05) is 0 Å². The van der Waals surface area contributed by atoms with Gasteiger partial charge in [0.25, 0.3) is 0 Å². The van der Waals surface area contributed by atoms with Gasteiger partial charge in [-0.1, -0.05) is 44.8 Å². The van der Waals surface area contributed by atoms with Crippen LogP contribution in [0, 0.1) is 5.92 Å². The summed E-state index contributed by atoms with van der Waals surface area (Å²) in [5.41, 5.74) is 1.54. The van der Waals surface area contributed by atoms with Crippen LogP contribution in [0.5, 0.6) is 0 Å². The van der Waals surface area contributed by atoms with Crippen molar-refractivity contribution in [1.82, 2.24) is 0 Å². The van der Waals surface area contributed by atoms with Crippen molar-refractivity contribution in [2.24, 2.45) is 5.92 Å². The second-order valence-corrected chi connectivity index (χ2v) is 3.59. The molecule has 0 amide bonds. The van der Waals surface area contributed by atoms with Gasteiger partial charge in [-0.15, -0.1) is 0 Å². The number of unbranched alkanes of at least 4 members (excludes halogenated alkanes) is 1. The van der Waals surface area contributed by atoms with Crippen molar-refractivity contribution in [3.8, 4) is 0 Å². The zero-order chi connectivity index (χ0) is 8.69. The highest BCUT2D eigenvalue weighted by molar-refractivity contribution is 4.96. The molecule has 0 fully saturated rings. The Balaban J connectivity index is 3.43. The van der Waals surface area contributed by atoms with Crippen LogP contribution in [-0.2, 0) is 0 Å². The van der Waals surface area contributed by atoms with Gasteiger partial charge in [0.1, 0.15) is 0 Å². The predicted octanol–water partition coefficient (Wildman–Crippen LogP) is 4.17. The van der Waals surface area contributed by atoms with E-state index in [0.717, 1.165) is 5.92 Å². The van der Waals surface area contributed by atoms with Crippen LogP contribution in [0.2, 0.25) is 0 Å². The van der Waals surface area contributed by atoms with Crippen molar-refractivity contribution in [2.75, 3.05) is 0 Å². The molecule has 0 radical (unpaired) electrons. The van der Waals surface area contributed by atoms with E-state index in [0.29, 0.717) is 0 Å². The van der Waals surface area contributed by atoms with Crippen LogP contribution in [0.25, 0.3) is 0 Å². The molecule has 0 aliphatic carbocycles. The van der Waals surface area contributed by atoms with Gasteiger partial charge in [0.15, 0.2) is 0 Å². The van der Waals surface area contributed by atoms with E-state index in [9.17, 15) is 0 Å². The standard InChI is InChI=1S/C11H22/c1-5-7-8-11(4)9-10(3)6-2/h6,11H,5,7-9H2,1-4H3/b10-6+. The molecule has 11 heavy (non-hydrogen) atoms. The average molecular weight is 154 g/mol. The van der Waals surface area contributed by atoms with Crippen LogP contribution in [0.15, 0.2) is 11.6 Å². The molecule has 0 heteroatoms. The molecule has 0 aromatic heterocycles. The monoisotopic (exact) mass is 154 g/mol. The third kappa shape index (κ3) is 6.15. The quantitative estimate of drug-likeness (QED) is 0.521. The first-order chi connectivity index (χ1) is 5.20. The minimum atomic E-state index is 0.881. The van der Waals surface area contributed by atoms with E-state index in [1.165, 1.54) is 31.3 Å². The Hall–Kier alpha value is -0.260. The van der Waals surface area contributed by atoms with Crippen molar-refractivity contribution in [3.05, 3.63) is 11.6 Å². The van der Waals surface area contributed by atoms with Crippen molar-refractivity contribution in [1.29, 1.82) is 0 Å². The third-order valence-corrected chi connectivity index (χ3v) is 2.21. The van der Waals surface area contributed by atoms with E-state index in [4.69, 9.17) is 0 Å². The van der Waals surface area contributed by atoms with Crippen molar-refractivity contribution >= 4 is 0 Å². The number of allylic oxidation sites excluding steroid dienone is 2. The molecular formula is C11H22. The smallest absolute Gasteiger partial charge is 0.0297 e. The largest absolute Gasteiger partial charge is 0.0887 e. The van der Waals surface area contributed by atoms with Crippen LogP contribution in [-0.4, -0.2) is 0 Å². The van der Waals surface area contributed by atoms with Crippen molar-refractivity contribution < 1.29 is 0 Å². The molecule has 0 N–H and O–H groups in total. The maximum Gasteiger partial charge on any atom is -0.0297 e. The summed E-state index contributed by atoms with van der Waals surface area (Å²) in [7, 11) is 0. The first kappa shape index (κ1) is 10.7. The summed E-state index contributed by atoms with van der Waals surface area (Å²) in [5, 5.41) is 0. The number of hydrogen-bond donors (Lipinski definition) is 0. The number of rotatable bonds is 5. The summed E-state index contributed by atoms with van der Waals surface area (Å²) in [6.45, 7) is 8.96. The van der Waals surface area contributed by atoms with Crippen molar-refractivity contribution in [2.45, 2.75) is 53.4 Å². The lowest BCUT2D eigenvalue weighted by Crippen LogP contribution is -1.94. The molecule has 0 nitrogen and oxygen atoms in total. The fraction of sp³-hybridized carbons (Fsp3) is 0.818. The molecule has 0 aliphatic rings. The van der Waals surface area contributed by atoms with E-state index in [2.05, 4.69) is 33.8 Å². The second-order valence-electron chi connectivity index (χ2n) is 3.59. The Labute approximate surface area is 71.7 Å². The van der Waals surface area contributed by atoms with Gasteiger partial charge in [0, 0.05) is 0 Å². The molecule has 1 unspecified atom stereocenters. The van der Waals surface area contributed by atoms with Crippen molar-refractivity contribution in [3.63, 3.8) is 0 Å². The highest BCUT2D eigenvalue weighted by Crippen LogP contribution is 2.16. The van der Waals surface area contributed by atoms with Gasteiger partial charge in [-0.25, -0.2) is 0 Å². The topological polar surface area (TPSA) is 0 Å². The fourth-order valence-corrected chi connectivity index (χ4v) is 1.32. The molecule has 0 aliphatic heterocycles. The van der Waals surface area contributed by atoms with Crippen LogP contribution >= 0.6 is 0 Å². The van der Waals surface area contributed by atoms with Gasteiger partial charge < -0.3 is 0 Å². The molecule has 0 aromatic carbocycles. The van der Waals surface area contributed by atoms with Gasteiger partial charge >= 0.3 is 0 Å². The Morgan fingerprint density at radius 1 is 1.45 bits per heavy atom. The summed E-state index contributed by atoms with van der Waals surface area (Å²) in [6.07, 6.45) is 7.62. The zero-order valence-electron chi connectivity index (χ0n) is 8.48. The summed E-state index contributed by atoms with van der Waals surface area (Å²) in [5.74, 6) is 0.881. The molecule has 0 saturated heterocycles. The van der Waals surface area contributed by atoms with E-state index < -0.39 is 0 Å². The first-order valence-electron chi connectivity index (χ1n) is 4.82. The fourth-order valence-electron chi connectivity index (χ4n) is 1.32. The molecule has 0 spiro atoms. The number of hydrogen-bond acceptors (Lipinski definition) is 0. The molecular weight excluding hydrogens is 132 g/mol. The van der Waals surface area contributed by atoms with E-state index in [1.54, 1.807) is 0 Å². The zero-order valence-corrected chi connectivity index (χ0v) is 8.48. The van der Waals surface area contributed by atoms with E-state index in [-0.39, 0.29) is 0 Å². The van der Waals surface area contributed by atoms with Crippen LogP contribution in [0.1, 0.15) is 53.4 Å². The van der Waals surface area contributed by atoms with Crippen LogP contribution in [0.4, 0.5) is 0 Å². The summed E-state index contributed by atoms with van der Waals surface area (Å²) in [6, 6.07) is 0. The van der Waals surface area contributed by atoms with Gasteiger partial charge in [-0.3, -0.25) is 0 Å². The highest BCUT2D eigenvalue weighted by Gasteiger charge is 2.00. The minimum absolute atomic E-state index is 0.881. The molecule has 0 saturated carbocycles. The highest BCUT2D eigenvalue weighted by atomic mass is 14.1. The lowest BCUT2D eigenvalue weighted by atomic mass is 9.97. The molecule has 1 atom stereocenters. The average Bonchev–Trinajstić information content (AvgIpc) is 2.00. The van der Waals surface area contributed by atoms with Gasteiger partial charge in [0.05, 0.1) is 0 Å². The summed E-state index contributed by atoms with van der Waals surface area (Å²) in [4.78, 5) is 0. The van der Waals surface area contributed by atoms with Crippen LogP contribution < -0.4 is 0 Å². The Morgan fingerprint density at radius 2 is 2.09 bits per heavy atom. The maximum atomic E-state index is 2.35. The Morgan fingerprint density at radius 3 is 2.55 bits per heavy atom. The predicted molar refractivity (Wildman–Crippen MR) is 52.7 cm³/mol. The molecule has 0 bridgehead atoms. The summed E-state index contributed by atoms with van der Waals surface area (Å²) < 4.78 is 0. The molecule has 66 valence electrons. The van der Waals surface area contributed by atoms with Gasteiger partial charge in [-0.2, -0.15) is 0 Å². The van der Waals surface area contributed by atoms with Gasteiger partial charge in [-0.05, 0) is 26.2 Å². The molecule has 0 rings (SSSR count). The maximum absolute atomic E-state index is 2.35. The Bertz CT molecular complexity index is 111. The molecule has 0 heterocycles. The Kier molecular flexibility index (Phi) is 6.30. The lowest BCUT2D eigenvalue weighted by Gasteiger charge is -2.09. The lowest BCUT2D eigenvalue weighted by molar-refractivity contribution is 0.501. The van der Waals surface area contributed by atoms with E-state index >= 15 is 0 Å². The van der Waals surface area contributed by atoms with Crippen LogP contribution in [0.3, 0.4) is 0 Å². The SMILES string of the molecule is C/C=C(\C)CC(C)CCCC. The minimum Gasteiger partial charge on any atom is -0.0887 e.